The van der Waals surface area contributed by atoms with Crippen LogP contribution in [0.1, 0.15) is 26.7 Å². The molecule has 0 spiro atoms. The Labute approximate surface area is 109 Å². The van der Waals surface area contributed by atoms with Crippen LogP contribution >= 0.6 is 12.2 Å². The maximum Gasteiger partial charge on any atom is 0.169 e. The summed E-state index contributed by atoms with van der Waals surface area (Å²) in [5.74, 6) is 0. The molecule has 0 aromatic carbocycles. The van der Waals surface area contributed by atoms with Crippen molar-refractivity contribution in [3.63, 3.8) is 0 Å². The van der Waals surface area contributed by atoms with Crippen molar-refractivity contribution in [2.24, 2.45) is 0 Å². The molecule has 0 radical (unpaired) electrons. The van der Waals surface area contributed by atoms with Crippen molar-refractivity contribution in [1.82, 2.24) is 10.2 Å². The Kier molecular flexibility index (Phi) is 4.59. The highest BCUT2D eigenvalue weighted by molar-refractivity contribution is 7.80. The monoisotopic (exact) mass is 258 g/mol. The third kappa shape index (κ3) is 3.79. The summed E-state index contributed by atoms with van der Waals surface area (Å²) in [6.07, 6.45) is 3.15. The van der Waals surface area contributed by atoms with Crippen molar-refractivity contribution in [1.29, 1.82) is 0 Å². The zero-order chi connectivity index (χ0) is 12.3. The Hall–Kier alpha value is -0.390. The van der Waals surface area contributed by atoms with Gasteiger partial charge in [-0.25, -0.2) is 0 Å². The Bertz CT molecular complexity index is 259. The average Bonchev–Trinajstić information content (AvgIpc) is 2.77. The molecule has 98 valence electrons. The minimum Gasteiger partial charge on any atom is -0.376 e. The molecule has 2 fully saturated rings. The van der Waals surface area contributed by atoms with Crippen molar-refractivity contribution in [2.75, 3.05) is 26.2 Å². The van der Waals surface area contributed by atoms with Crippen LogP contribution in [0.15, 0.2) is 0 Å². The van der Waals surface area contributed by atoms with Crippen LogP contribution in [0, 0.1) is 0 Å². The SMILES string of the molecule is C[C@@H]1CN(C(=S)NC[C@@H]2CCCO2)C[C@@H](C)O1. The Morgan fingerprint density at radius 3 is 2.65 bits per heavy atom. The predicted octanol–water partition coefficient (Wildman–Crippen LogP) is 1.15. The second kappa shape index (κ2) is 5.98. The molecular formula is C12H22N2O2S. The molecule has 17 heavy (non-hydrogen) atoms. The highest BCUT2D eigenvalue weighted by atomic mass is 32.1. The van der Waals surface area contributed by atoms with Gasteiger partial charge < -0.3 is 19.7 Å². The zero-order valence-electron chi connectivity index (χ0n) is 10.6. The van der Waals surface area contributed by atoms with Gasteiger partial charge in [-0.2, -0.15) is 0 Å². The van der Waals surface area contributed by atoms with E-state index in [1.54, 1.807) is 0 Å². The molecular weight excluding hydrogens is 236 g/mol. The number of hydrogen-bond acceptors (Lipinski definition) is 3. The second-order valence-electron chi connectivity index (χ2n) is 4.98. The minimum absolute atomic E-state index is 0.251. The first-order valence-corrected chi connectivity index (χ1v) is 6.86. The lowest BCUT2D eigenvalue weighted by Gasteiger charge is -2.37. The molecule has 0 unspecified atom stereocenters. The van der Waals surface area contributed by atoms with E-state index in [0.29, 0.717) is 6.10 Å². The normalized spacial score (nSPS) is 33.8. The van der Waals surface area contributed by atoms with E-state index in [9.17, 15) is 0 Å². The van der Waals surface area contributed by atoms with Gasteiger partial charge in [-0.15, -0.1) is 0 Å². The van der Waals surface area contributed by atoms with Crippen molar-refractivity contribution < 1.29 is 9.47 Å². The van der Waals surface area contributed by atoms with E-state index >= 15 is 0 Å². The van der Waals surface area contributed by atoms with Gasteiger partial charge in [0, 0.05) is 26.2 Å². The Morgan fingerprint density at radius 1 is 1.35 bits per heavy atom. The van der Waals surface area contributed by atoms with Gasteiger partial charge in [-0.05, 0) is 38.9 Å². The number of nitrogens with zero attached hydrogens (tertiary/aromatic N) is 1. The zero-order valence-corrected chi connectivity index (χ0v) is 11.5. The first kappa shape index (κ1) is 13.1. The molecule has 1 N–H and O–H groups in total. The molecule has 0 aromatic heterocycles. The molecule has 2 aliphatic rings. The summed E-state index contributed by atoms with van der Waals surface area (Å²) in [6.45, 7) is 7.66. The van der Waals surface area contributed by atoms with E-state index in [1.165, 1.54) is 6.42 Å². The van der Waals surface area contributed by atoms with E-state index in [-0.39, 0.29) is 12.2 Å². The van der Waals surface area contributed by atoms with E-state index < -0.39 is 0 Å². The molecule has 3 atom stereocenters. The van der Waals surface area contributed by atoms with Gasteiger partial charge in [0.1, 0.15) is 0 Å². The van der Waals surface area contributed by atoms with E-state index in [4.69, 9.17) is 21.7 Å². The summed E-state index contributed by atoms with van der Waals surface area (Å²) in [7, 11) is 0. The van der Waals surface area contributed by atoms with Crippen LogP contribution in [-0.2, 0) is 9.47 Å². The van der Waals surface area contributed by atoms with Gasteiger partial charge in [-0.1, -0.05) is 0 Å². The summed E-state index contributed by atoms with van der Waals surface area (Å²) in [5.41, 5.74) is 0. The number of hydrogen-bond donors (Lipinski definition) is 1. The van der Waals surface area contributed by atoms with Crippen LogP contribution in [0.25, 0.3) is 0 Å². The summed E-state index contributed by atoms with van der Waals surface area (Å²) in [5, 5.41) is 4.15. The summed E-state index contributed by atoms with van der Waals surface area (Å²) < 4.78 is 11.3. The third-order valence-electron chi connectivity index (χ3n) is 3.21. The quantitative estimate of drug-likeness (QED) is 0.752. The van der Waals surface area contributed by atoms with Crippen LogP contribution in [-0.4, -0.2) is 54.6 Å². The number of rotatable bonds is 2. The standard InChI is InChI=1S/C12H22N2O2S/c1-9-7-14(8-10(2)16-9)12(17)13-6-11-4-3-5-15-11/h9-11H,3-8H2,1-2H3,(H,13,17)/t9-,10-,11+/m1/s1. The highest BCUT2D eigenvalue weighted by Crippen LogP contribution is 2.12. The van der Waals surface area contributed by atoms with Gasteiger partial charge in [0.2, 0.25) is 0 Å². The fourth-order valence-electron chi connectivity index (χ4n) is 2.46. The molecule has 0 aromatic rings. The van der Waals surface area contributed by atoms with Gasteiger partial charge >= 0.3 is 0 Å². The summed E-state index contributed by atoms with van der Waals surface area (Å²) in [6, 6.07) is 0. The van der Waals surface area contributed by atoms with Gasteiger partial charge in [0.05, 0.1) is 18.3 Å². The molecule has 2 aliphatic heterocycles. The lowest BCUT2D eigenvalue weighted by Crippen LogP contribution is -2.52. The van der Waals surface area contributed by atoms with Gasteiger partial charge in [0.15, 0.2) is 5.11 Å². The topological polar surface area (TPSA) is 33.7 Å². The Balaban J connectivity index is 1.74. The lowest BCUT2D eigenvalue weighted by molar-refractivity contribution is -0.0483. The molecule has 2 heterocycles. The highest BCUT2D eigenvalue weighted by Gasteiger charge is 2.24. The first-order valence-electron chi connectivity index (χ1n) is 6.45. The van der Waals surface area contributed by atoms with E-state index in [2.05, 4.69) is 24.1 Å². The average molecular weight is 258 g/mol. The number of ether oxygens (including phenoxy) is 2. The fraction of sp³-hybridized carbons (Fsp3) is 0.917. The van der Waals surface area contributed by atoms with Crippen LogP contribution in [0.2, 0.25) is 0 Å². The van der Waals surface area contributed by atoms with Crippen LogP contribution in [0.4, 0.5) is 0 Å². The van der Waals surface area contributed by atoms with E-state index in [1.807, 2.05) is 0 Å². The minimum atomic E-state index is 0.251. The molecule has 2 saturated heterocycles. The number of thiocarbonyl (C=S) groups is 1. The summed E-state index contributed by atoms with van der Waals surface area (Å²) >= 11 is 5.42. The maximum atomic E-state index is 5.69. The molecule has 4 nitrogen and oxygen atoms in total. The van der Waals surface area contributed by atoms with Crippen LogP contribution in [0.5, 0.6) is 0 Å². The van der Waals surface area contributed by atoms with E-state index in [0.717, 1.165) is 37.8 Å². The first-order chi connectivity index (χ1) is 8.15. The maximum absolute atomic E-state index is 5.69. The van der Waals surface area contributed by atoms with Crippen molar-refractivity contribution in [2.45, 2.75) is 45.0 Å². The van der Waals surface area contributed by atoms with Gasteiger partial charge in [-0.3, -0.25) is 0 Å². The van der Waals surface area contributed by atoms with Crippen molar-refractivity contribution in [3.8, 4) is 0 Å². The number of morpholine rings is 1. The largest absolute Gasteiger partial charge is 0.376 e. The molecule has 0 bridgehead atoms. The number of nitrogens with one attached hydrogen (secondary N) is 1. The lowest BCUT2D eigenvalue weighted by atomic mass is 10.2. The second-order valence-corrected chi connectivity index (χ2v) is 5.37. The predicted molar refractivity (Wildman–Crippen MR) is 71.2 cm³/mol. The molecule has 5 heteroatoms. The molecule has 0 amide bonds. The molecule has 2 rings (SSSR count). The van der Waals surface area contributed by atoms with Crippen molar-refractivity contribution in [3.05, 3.63) is 0 Å². The fourth-order valence-corrected chi connectivity index (χ4v) is 2.69. The van der Waals surface area contributed by atoms with Crippen LogP contribution in [0.3, 0.4) is 0 Å². The summed E-state index contributed by atoms with van der Waals surface area (Å²) in [4.78, 5) is 2.20. The smallest absolute Gasteiger partial charge is 0.169 e. The molecule has 0 aliphatic carbocycles. The van der Waals surface area contributed by atoms with Crippen LogP contribution < -0.4 is 5.32 Å². The molecule has 0 saturated carbocycles. The van der Waals surface area contributed by atoms with Crippen molar-refractivity contribution >= 4 is 17.3 Å². The van der Waals surface area contributed by atoms with Gasteiger partial charge in [0.25, 0.3) is 0 Å². The third-order valence-corrected chi connectivity index (χ3v) is 3.61. The Morgan fingerprint density at radius 2 is 2.06 bits per heavy atom.